The molecule has 0 saturated carbocycles. The van der Waals surface area contributed by atoms with Crippen LogP contribution in [0.15, 0.2) is 18.2 Å². The molecule has 2 nitrogen and oxygen atoms in total. The first-order chi connectivity index (χ1) is 9.13. The summed E-state index contributed by atoms with van der Waals surface area (Å²) in [4.78, 5) is 12.5. The highest BCUT2D eigenvalue weighted by atomic mass is 19.1. The third-order valence-electron chi connectivity index (χ3n) is 4.54. The summed E-state index contributed by atoms with van der Waals surface area (Å²) < 4.78 is 13.6. The molecule has 0 spiro atoms. The minimum absolute atomic E-state index is 0.0682. The molecule has 0 radical (unpaired) electrons. The molecule has 3 heteroatoms. The predicted octanol–water partition coefficient (Wildman–Crippen LogP) is 3.24. The van der Waals surface area contributed by atoms with Gasteiger partial charge in [-0.15, -0.1) is 0 Å². The van der Waals surface area contributed by atoms with E-state index in [1.807, 2.05) is 0 Å². The van der Waals surface area contributed by atoms with Crippen molar-refractivity contribution in [1.29, 1.82) is 0 Å². The topological polar surface area (TPSA) is 29.1 Å². The molecule has 0 aromatic heterocycles. The van der Waals surface area contributed by atoms with E-state index >= 15 is 0 Å². The molecule has 0 amide bonds. The Morgan fingerprint density at radius 2 is 1.95 bits per heavy atom. The predicted molar refractivity (Wildman–Crippen MR) is 72.8 cm³/mol. The zero-order chi connectivity index (χ0) is 13.4. The standard InChI is InChI=1S/C16H20FNO/c1-10-5-6-11(9-15(10)17)16(19)12-7-13-3-2-4-14(8-12)18-13/h5-6,9,12-14,18H,2-4,7-8H2,1H3. The molecular formula is C16H20FNO. The molecule has 2 saturated heterocycles. The van der Waals surface area contributed by atoms with Crippen molar-refractivity contribution < 1.29 is 9.18 Å². The van der Waals surface area contributed by atoms with E-state index in [4.69, 9.17) is 0 Å². The molecule has 2 unspecified atom stereocenters. The molecule has 2 bridgehead atoms. The third kappa shape index (κ3) is 2.57. The van der Waals surface area contributed by atoms with Crippen LogP contribution in [0.2, 0.25) is 0 Å². The van der Waals surface area contributed by atoms with Gasteiger partial charge in [-0.25, -0.2) is 4.39 Å². The monoisotopic (exact) mass is 261 g/mol. The number of halogens is 1. The first kappa shape index (κ1) is 12.8. The van der Waals surface area contributed by atoms with Crippen molar-refractivity contribution in [2.24, 2.45) is 5.92 Å². The summed E-state index contributed by atoms with van der Waals surface area (Å²) >= 11 is 0. The van der Waals surface area contributed by atoms with Crippen LogP contribution in [0, 0.1) is 18.7 Å². The van der Waals surface area contributed by atoms with Crippen LogP contribution < -0.4 is 5.32 Å². The molecule has 19 heavy (non-hydrogen) atoms. The number of hydrogen-bond donors (Lipinski definition) is 1. The summed E-state index contributed by atoms with van der Waals surface area (Å²) in [5.74, 6) is -0.0871. The number of nitrogens with one attached hydrogen (secondary N) is 1. The lowest BCUT2D eigenvalue weighted by molar-refractivity contribution is 0.0824. The summed E-state index contributed by atoms with van der Waals surface area (Å²) in [6.45, 7) is 1.72. The highest BCUT2D eigenvalue weighted by Crippen LogP contribution is 2.31. The van der Waals surface area contributed by atoms with Crippen molar-refractivity contribution in [2.75, 3.05) is 0 Å². The highest BCUT2D eigenvalue weighted by molar-refractivity contribution is 5.98. The van der Waals surface area contributed by atoms with Crippen LogP contribution >= 0.6 is 0 Å². The zero-order valence-corrected chi connectivity index (χ0v) is 11.3. The van der Waals surface area contributed by atoms with Gasteiger partial charge in [0.25, 0.3) is 0 Å². The zero-order valence-electron chi connectivity index (χ0n) is 11.3. The van der Waals surface area contributed by atoms with E-state index in [2.05, 4.69) is 5.32 Å². The van der Waals surface area contributed by atoms with E-state index < -0.39 is 0 Å². The molecule has 2 heterocycles. The van der Waals surface area contributed by atoms with Gasteiger partial charge in [0.2, 0.25) is 0 Å². The normalized spacial score (nSPS) is 30.1. The number of aryl methyl sites for hydroxylation is 1. The Balaban J connectivity index is 1.78. The number of fused-ring (bicyclic) bond motifs is 2. The van der Waals surface area contributed by atoms with Crippen molar-refractivity contribution in [1.82, 2.24) is 5.32 Å². The minimum atomic E-state index is -0.278. The van der Waals surface area contributed by atoms with Crippen LogP contribution in [0.25, 0.3) is 0 Å². The average molecular weight is 261 g/mol. The Bertz CT molecular complexity index is 488. The van der Waals surface area contributed by atoms with Crippen LogP contribution in [0.1, 0.15) is 48.0 Å². The van der Waals surface area contributed by atoms with Gasteiger partial charge < -0.3 is 5.32 Å². The molecule has 2 aliphatic heterocycles. The molecule has 1 N–H and O–H groups in total. The first-order valence-corrected chi connectivity index (χ1v) is 7.20. The van der Waals surface area contributed by atoms with Crippen LogP contribution in [-0.2, 0) is 0 Å². The van der Waals surface area contributed by atoms with E-state index in [-0.39, 0.29) is 17.5 Å². The molecule has 2 atom stereocenters. The van der Waals surface area contributed by atoms with Crippen molar-refractivity contribution in [3.8, 4) is 0 Å². The lowest BCUT2D eigenvalue weighted by atomic mass is 9.77. The van der Waals surface area contributed by atoms with E-state index in [0.717, 1.165) is 12.8 Å². The molecule has 1 aromatic rings. The van der Waals surface area contributed by atoms with E-state index in [9.17, 15) is 9.18 Å². The molecule has 2 fully saturated rings. The van der Waals surface area contributed by atoms with Gasteiger partial charge in [0.1, 0.15) is 5.82 Å². The van der Waals surface area contributed by atoms with Gasteiger partial charge in [-0.3, -0.25) is 4.79 Å². The fourth-order valence-electron chi connectivity index (χ4n) is 3.46. The molecule has 1 aromatic carbocycles. The second-order valence-electron chi connectivity index (χ2n) is 5.99. The number of rotatable bonds is 2. The van der Waals surface area contributed by atoms with Gasteiger partial charge in [-0.1, -0.05) is 18.6 Å². The number of hydrogen-bond acceptors (Lipinski definition) is 2. The quantitative estimate of drug-likeness (QED) is 0.828. The lowest BCUT2D eigenvalue weighted by Crippen LogP contribution is -2.50. The van der Waals surface area contributed by atoms with Crippen molar-refractivity contribution in [3.63, 3.8) is 0 Å². The molecule has 0 aliphatic carbocycles. The fourth-order valence-corrected chi connectivity index (χ4v) is 3.46. The maximum absolute atomic E-state index is 13.6. The number of carbonyl (C=O) groups is 1. The van der Waals surface area contributed by atoms with Gasteiger partial charge in [0.15, 0.2) is 5.78 Å². The van der Waals surface area contributed by atoms with Gasteiger partial charge in [-0.2, -0.15) is 0 Å². The fraction of sp³-hybridized carbons (Fsp3) is 0.562. The second-order valence-corrected chi connectivity index (χ2v) is 5.99. The number of carbonyl (C=O) groups excluding carboxylic acids is 1. The van der Waals surface area contributed by atoms with Gasteiger partial charge in [0, 0.05) is 23.6 Å². The SMILES string of the molecule is Cc1ccc(C(=O)C2CC3CCCC(C2)N3)cc1F. The van der Waals surface area contributed by atoms with Crippen LogP contribution in [-0.4, -0.2) is 17.9 Å². The maximum atomic E-state index is 13.6. The van der Waals surface area contributed by atoms with Crippen LogP contribution in [0.3, 0.4) is 0 Å². The molecule has 3 rings (SSSR count). The molecule has 2 aliphatic rings. The largest absolute Gasteiger partial charge is 0.311 e. The minimum Gasteiger partial charge on any atom is -0.311 e. The summed E-state index contributed by atoms with van der Waals surface area (Å²) in [5, 5.41) is 3.58. The van der Waals surface area contributed by atoms with Gasteiger partial charge in [0.05, 0.1) is 0 Å². The molecular weight excluding hydrogens is 241 g/mol. The summed E-state index contributed by atoms with van der Waals surface area (Å²) in [7, 11) is 0. The summed E-state index contributed by atoms with van der Waals surface area (Å²) in [5.41, 5.74) is 1.13. The smallest absolute Gasteiger partial charge is 0.166 e. The highest BCUT2D eigenvalue weighted by Gasteiger charge is 2.34. The van der Waals surface area contributed by atoms with E-state index in [1.165, 1.54) is 25.3 Å². The van der Waals surface area contributed by atoms with Crippen molar-refractivity contribution in [3.05, 3.63) is 35.1 Å². The Hall–Kier alpha value is -1.22. The van der Waals surface area contributed by atoms with Gasteiger partial charge >= 0.3 is 0 Å². The number of Topliss-reactive ketones (excluding diaryl/α,β-unsaturated/α-hetero) is 1. The van der Waals surface area contributed by atoms with Crippen molar-refractivity contribution in [2.45, 2.75) is 51.1 Å². The van der Waals surface area contributed by atoms with Crippen LogP contribution in [0.4, 0.5) is 4.39 Å². The maximum Gasteiger partial charge on any atom is 0.166 e. The first-order valence-electron chi connectivity index (χ1n) is 7.20. The Morgan fingerprint density at radius 1 is 1.26 bits per heavy atom. The van der Waals surface area contributed by atoms with Crippen molar-refractivity contribution >= 4 is 5.78 Å². The van der Waals surface area contributed by atoms with Gasteiger partial charge in [-0.05, 0) is 44.2 Å². The molecule has 102 valence electrons. The Kier molecular flexibility index (Phi) is 3.40. The summed E-state index contributed by atoms with van der Waals surface area (Å²) in [6, 6.07) is 5.83. The number of piperidine rings is 2. The number of ketones is 1. The van der Waals surface area contributed by atoms with E-state index in [1.54, 1.807) is 19.1 Å². The Morgan fingerprint density at radius 3 is 2.58 bits per heavy atom. The average Bonchev–Trinajstić information content (AvgIpc) is 2.40. The Labute approximate surface area is 113 Å². The summed E-state index contributed by atoms with van der Waals surface area (Å²) in [6.07, 6.45) is 5.42. The number of benzene rings is 1. The second kappa shape index (κ2) is 5.04. The lowest BCUT2D eigenvalue weighted by Gasteiger charge is -2.39. The van der Waals surface area contributed by atoms with E-state index in [0.29, 0.717) is 23.2 Å². The van der Waals surface area contributed by atoms with Crippen LogP contribution in [0.5, 0.6) is 0 Å². The third-order valence-corrected chi connectivity index (χ3v) is 4.54.